The van der Waals surface area contributed by atoms with Crippen LogP contribution in [0.25, 0.3) is 5.82 Å². The molecule has 0 bridgehead atoms. The van der Waals surface area contributed by atoms with Crippen molar-refractivity contribution in [2.45, 2.75) is 25.2 Å². The van der Waals surface area contributed by atoms with Gasteiger partial charge >= 0.3 is 0 Å². The van der Waals surface area contributed by atoms with Gasteiger partial charge in [0.1, 0.15) is 10.6 Å². The molecule has 0 aromatic carbocycles. The number of pyridine rings is 1. The lowest BCUT2D eigenvalue weighted by Crippen LogP contribution is -2.37. The Balaban J connectivity index is 1.47. The summed E-state index contributed by atoms with van der Waals surface area (Å²) in [5.74, 6) is 0.711. The lowest BCUT2D eigenvalue weighted by molar-refractivity contribution is 0.0764. The highest BCUT2D eigenvalue weighted by Gasteiger charge is 2.33. The Morgan fingerprint density at radius 2 is 1.97 bits per heavy atom. The molecule has 1 amide bonds. The van der Waals surface area contributed by atoms with E-state index >= 15 is 0 Å². The first-order chi connectivity index (χ1) is 14.4. The molecule has 0 saturated carbocycles. The van der Waals surface area contributed by atoms with Gasteiger partial charge in [0.2, 0.25) is 10.0 Å². The first-order valence-corrected chi connectivity index (χ1v) is 11.0. The van der Waals surface area contributed by atoms with Crippen LogP contribution in [-0.4, -0.2) is 69.6 Å². The summed E-state index contributed by atoms with van der Waals surface area (Å²) in [6, 6.07) is 5.22. The van der Waals surface area contributed by atoms with Crippen LogP contribution in [0, 0.1) is 13.8 Å². The molecule has 158 valence electrons. The highest BCUT2D eigenvalue weighted by molar-refractivity contribution is 7.89. The van der Waals surface area contributed by atoms with Crippen molar-refractivity contribution >= 4 is 15.9 Å². The minimum atomic E-state index is -3.73. The van der Waals surface area contributed by atoms with E-state index in [1.165, 1.54) is 10.5 Å². The third-order valence-corrected chi connectivity index (χ3v) is 7.19. The van der Waals surface area contributed by atoms with E-state index in [9.17, 15) is 13.2 Å². The predicted octanol–water partition coefficient (Wildman–Crippen LogP) is 1.41. The average Bonchev–Trinajstić information content (AvgIpc) is 3.30. The largest absolute Gasteiger partial charge is 0.360 e. The quantitative estimate of drug-likeness (QED) is 0.615. The topological polar surface area (TPSA) is 114 Å². The normalized spacial score (nSPS) is 15.9. The van der Waals surface area contributed by atoms with Crippen molar-refractivity contribution in [2.24, 2.45) is 0 Å². The smallest absolute Gasteiger partial charge is 0.255 e. The minimum Gasteiger partial charge on any atom is -0.360 e. The fourth-order valence-corrected chi connectivity index (χ4v) is 5.30. The molecular formula is C19H22N6O4S. The van der Waals surface area contributed by atoms with Gasteiger partial charge in [-0.15, -0.1) is 0 Å². The van der Waals surface area contributed by atoms with Crippen molar-refractivity contribution < 1.29 is 17.7 Å². The number of hydrogen-bond acceptors (Lipinski definition) is 7. The Bertz CT molecular complexity index is 1120. The van der Waals surface area contributed by atoms with E-state index < -0.39 is 10.0 Å². The SMILES string of the molecule is Cc1noc(C)c1S(=O)(=O)N1CCCN(C(=O)c2ccc(-n3cccn3)nc2)CC1. The van der Waals surface area contributed by atoms with Crippen LogP contribution in [0.4, 0.5) is 0 Å². The molecule has 0 unspecified atom stereocenters. The van der Waals surface area contributed by atoms with Crippen LogP contribution in [-0.2, 0) is 10.0 Å². The first-order valence-electron chi connectivity index (χ1n) is 9.56. The lowest BCUT2D eigenvalue weighted by Gasteiger charge is -2.22. The number of aromatic nitrogens is 4. The molecule has 0 spiro atoms. The number of carbonyl (C=O) groups excluding carboxylic acids is 1. The maximum absolute atomic E-state index is 13.0. The summed E-state index contributed by atoms with van der Waals surface area (Å²) in [4.78, 5) is 19.0. The number of rotatable bonds is 4. The molecular weight excluding hydrogens is 408 g/mol. The van der Waals surface area contributed by atoms with E-state index in [1.807, 2.05) is 0 Å². The van der Waals surface area contributed by atoms with E-state index in [4.69, 9.17) is 4.52 Å². The Morgan fingerprint density at radius 3 is 2.60 bits per heavy atom. The monoisotopic (exact) mass is 430 g/mol. The van der Waals surface area contributed by atoms with Crippen LogP contribution < -0.4 is 0 Å². The lowest BCUT2D eigenvalue weighted by atomic mass is 10.2. The second-order valence-corrected chi connectivity index (χ2v) is 8.93. The van der Waals surface area contributed by atoms with E-state index in [1.54, 1.807) is 54.0 Å². The van der Waals surface area contributed by atoms with E-state index in [0.717, 1.165) is 0 Å². The molecule has 3 aromatic rings. The Hall–Kier alpha value is -3.05. The van der Waals surface area contributed by atoms with Crippen molar-refractivity contribution in [3.05, 3.63) is 53.8 Å². The number of hydrogen-bond donors (Lipinski definition) is 0. The summed E-state index contributed by atoms with van der Waals surface area (Å²) in [5.41, 5.74) is 0.793. The number of sulfonamides is 1. The molecule has 0 atom stereocenters. The standard InChI is InChI=1S/C19H22N6O4S/c1-14-18(15(2)29-22-14)30(27,28)24-9-4-8-23(11-12-24)19(26)16-5-6-17(20-13-16)25-10-3-7-21-25/h3,5-7,10,13H,4,8-9,11-12H2,1-2H3. The fraction of sp³-hybridized carbons (Fsp3) is 0.368. The highest BCUT2D eigenvalue weighted by atomic mass is 32.2. The van der Waals surface area contributed by atoms with Crippen molar-refractivity contribution in [3.63, 3.8) is 0 Å². The third kappa shape index (κ3) is 3.73. The predicted molar refractivity (Wildman–Crippen MR) is 107 cm³/mol. The summed E-state index contributed by atoms with van der Waals surface area (Å²) in [7, 11) is -3.73. The number of aryl methyl sites for hydroxylation is 2. The molecule has 1 saturated heterocycles. The third-order valence-electron chi connectivity index (χ3n) is 5.04. The maximum atomic E-state index is 13.0. The van der Waals surface area contributed by atoms with Crippen LogP contribution in [0.5, 0.6) is 0 Å². The Morgan fingerprint density at radius 1 is 1.13 bits per heavy atom. The maximum Gasteiger partial charge on any atom is 0.255 e. The van der Waals surface area contributed by atoms with Crippen molar-refractivity contribution in [3.8, 4) is 5.82 Å². The summed E-state index contributed by atoms with van der Waals surface area (Å²) >= 11 is 0. The summed E-state index contributed by atoms with van der Waals surface area (Å²) < 4.78 is 34.1. The van der Waals surface area contributed by atoms with Gasteiger partial charge in [0, 0.05) is 44.8 Å². The molecule has 1 fully saturated rings. The molecule has 1 aliphatic heterocycles. The number of nitrogens with zero attached hydrogens (tertiary/aromatic N) is 6. The van der Waals surface area contributed by atoms with Crippen LogP contribution in [0.3, 0.4) is 0 Å². The van der Waals surface area contributed by atoms with Crippen molar-refractivity contribution in [1.29, 1.82) is 0 Å². The van der Waals surface area contributed by atoms with Crippen LogP contribution >= 0.6 is 0 Å². The van der Waals surface area contributed by atoms with Gasteiger partial charge in [0.05, 0.1) is 5.56 Å². The minimum absolute atomic E-state index is 0.112. The zero-order chi connectivity index (χ0) is 21.3. The average molecular weight is 430 g/mol. The van der Waals surface area contributed by atoms with Gasteiger partial charge < -0.3 is 9.42 Å². The first kappa shape index (κ1) is 20.2. The molecule has 11 heteroatoms. The van der Waals surface area contributed by atoms with Crippen LogP contribution in [0.1, 0.15) is 28.2 Å². The summed E-state index contributed by atoms with van der Waals surface area (Å²) in [5, 5.41) is 7.86. The molecule has 0 N–H and O–H groups in total. The Labute approximate surface area is 174 Å². The van der Waals surface area contributed by atoms with E-state index in [0.29, 0.717) is 43.1 Å². The van der Waals surface area contributed by atoms with Crippen molar-refractivity contribution in [1.82, 2.24) is 29.1 Å². The van der Waals surface area contributed by atoms with E-state index in [2.05, 4.69) is 15.2 Å². The van der Waals surface area contributed by atoms with Gasteiger partial charge in [-0.05, 0) is 38.5 Å². The number of amides is 1. The summed E-state index contributed by atoms with van der Waals surface area (Å²) in [6.45, 7) is 4.48. The molecule has 30 heavy (non-hydrogen) atoms. The van der Waals surface area contributed by atoms with Gasteiger partial charge in [-0.25, -0.2) is 18.1 Å². The van der Waals surface area contributed by atoms with Gasteiger partial charge in [-0.2, -0.15) is 9.40 Å². The molecule has 4 heterocycles. The zero-order valence-corrected chi connectivity index (χ0v) is 17.5. The highest BCUT2D eigenvalue weighted by Crippen LogP contribution is 2.24. The molecule has 10 nitrogen and oxygen atoms in total. The zero-order valence-electron chi connectivity index (χ0n) is 16.7. The second-order valence-electron chi connectivity index (χ2n) is 7.06. The summed E-state index contributed by atoms with van der Waals surface area (Å²) in [6.07, 6.45) is 5.47. The van der Waals surface area contributed by atoms with Crippen molar-refractivity contribution in [2.75, 3.05) is 26.2 Å². The molecule has 1 aliphatic rings. The molecule has 0 aliphatic carbocycles. The number of carbonyl (C=O) groups is 1. The van der Waals surface area contributed by atoms with Gasteiger partial charge in [-0.3, -0.25) is 4.79 Å². The van der Waals surface area contributed by atoms with Crippen LogP contribution in [0.2, 0.25) is 0 Å². The second kappa shape index (κ2) is 8.00. The molecule has 0 radical (unpaired) electrons. The van der Waals surface area contributed by atoms with E-state index in [-0.39, 0.29) is 23.1 Å². The molecule has 3 aromatic heterocycles. The van der Waals surface area contributed by atoms with Gasteiger partial charge in [0.25, 0.3) is 5.91 Å². The van der Waals surface area contributed by atoms with Crippen LogP contribution in [0.15, 0.2) is 46.2 Å². The van der Waals surface area contributed by atoms with Gasteiger partial charge in [-0.1, -0.05) is 5.16 Å². The fourth-order valence-electron chi connectivity index (χ4n) is 3.54. The Kier molecular flexibility index (Phi) is 5.39. The molecule has 4 rings (SSSR count). The van der Waals surface area contributed by atoms with Gasteiger partial charge in [0.15, 0.2) is 11.6 Å².